The summed E-state index contributed by atoms with van der Waals surface area (Å²) in [7, 11) is 0. The Morgan fingerprint density at radius 2 is 2.00 bits per heavy atom. The quantitative estimate of drug-likeness (QED) is 0.745. The highest BCUT2D eigenvalue weighted by atomic mass is 35.5. The molecule has 2 aliphatic rings. The Balaban J connectivity index is 0.000000980. The summed E-state index contributed by atoms with van der Waals surface area (Å²) in [6, 6.07) is 0.0908. The number of halogens is 1. The predicted molar refractivity (Wildman–Crippen MR) is 65.4 cm³/mol. The van der Waals surface area contributed by atoms with Crippen LogP contribution in [0.1, 0.15) is 0 Å². The molecule has 1 amide bonds. The van der Waals surface area contributed by atoms with E-state index in [2.05, 4.69) is 5.32 Å². The highest BCUT2D eigenvalue weighted by Gasteiger charge is 2.27. The van der Waals surface area contributed by atoms with Gasteiger partial charge in [0.05, 0.1) is 6.04 Å². The van der Waals surface area contributed by atoms with Gasteiger partial charge in [0, 0.05) is 36.2 Å². The summed E-state index contributed by atoms with van der Waals surface area (Å²) in [5, 5.41) is 3.22. The summed E-state index contributed by atoms with van der Waals surface area (Å²) in [4.78, 5) is 13.8. The summed E-state index contributed by atoms with van der Waals surface area (Å²) in [5.41, 5.74) is 0. The van der Waals surface area contributed by atoms with E-state index in [9.17, 15) is 4.79 Å². The first-order valence-electron chi connectivity index (χ1n) is 4.55. The molecule has 2 fully saturated rings. The maximum Gasteiger partial charge on any atom is 0.240 e. The Kier molecular flexibility index (Phi) is 5.44. The predicted octanol–water partition coefficient (Wildman–Crippen LogP) is 0.646. The third kappa shape index (κ3) is 2.95. The van der Waals surface area contributed by atoms with Gasteiger partial charge in [-0.3, -0.25) is 10.1 Å². The number of carbonyl (C=O) groups excluding carboxylic acids is 1. The van der Waals surface area contributed by atoms with Crippen LogP contribution in [-0.4, -0.2) is 53.1 Å². The lowest BCUT2D eigenvalue weighted by molar-refractivity contribution is -0.132. The molecule has 0 aromatic rings. The third-order valence-corrected chi connectivity index (χ3v) is 4.22. The highest BCUT2D eigenvalue weighted by molar-refractivity contribution is 7.99. The smallest absolute Gasteiger partial charge is 0.240 e. The molecule has 14 heavy (non-hydrogen) atoms. The molecule has 0 aliphatic carbocycles. The van der Waals surface area contributed by atoms with Crippen LogP contribution in [0, 0.1) is 0 Å². The molecule has 3 nitrogen and oxygen atoms in total. The molecule has 0 spiro atoms. The lowest BCUT2D eigenvalue weighted by Gasteiger charge is -2.28. The number of thioether (sulfide) groups is 2. The monoisotopic (exact) mass is 254 g/mol. The summed E-state index contributed by atoms with van der Waals surface area (Å²) in [5.74, 6) is 4.39. The summed E-state index contributed by atoms with van der Waals surface area (Å²) in [6.45, 7) is 1.87. The van der Waals surface area contributed by atoms with Crippen LogP contribution < -0.4 is 5.32 Å². The first-order chi connectivity index (χ1) is 6.38. The first kappa shape index (κ1) is 12.5. The Labute approximate surface area is 99.2 Å². The van der Waals surface area contributed by atoms with Gasteiger partial charge < -0.3 is 4.90 Å². The molecule has 1 N–H and O–H groups in total. The van der Waals surface area contributed by atoms with Crippen LogP contribution in [0.4, 0.5) is 0 Å². The molecule has 0 radical (unpaired) electrons. The van der Waals surface area contributed by atoms with Crippen molar-refractivity contribution in [3.8, 4) is 0 Å². The van der Waals surface area contributed by atoms with Crippen molar-refractivity contribution in [2.45, 2.75) is 6.04 Å². The maximum atomic E-state index is 11.8. The molecule has 0 aromatic heterocycles. The normalized spacial score (nSPS) is 27.1. The van der Waals surface area contributed by atoms with Crippen LogP contribution in [0.2, 0.25) is 0 Å². The van der Waals surface area contributed by atoms with E-state index >= 15 is 0 Å². The lowest BCUT2D eigenvalue weighted by atomic mass is 10.3. The molecule has 2 aliphatic heterocycles. The average molecular weight is 255 g/mol. The van der Waals surface area contributed by atoms with E-state index in [4.69, 9.17) is 0 Å². The molecule has 2 rings (SSSR count). The van der Waals surface area contributed by atoms with Crippen molar-refractivity contribution < 1.29 is 4.79 Å². The Morgan fingerprint density at radius 3 is 2.57 bits per heavy atom. The Morgan fingerprint density at radius 1 is 1.29 bits per heavy atom. The molecule has 6 heteroatoms. The van der Waals surface area contributed by atoms with Crippen molar-refractivity contribution >= 4 is 41.8 Å². The van der Waals surface area contributed by atoms with Gasteiger partial charge in [0.1, 0.15) is 0 Å². The molecule has 1 atom stereocenters. The van der Waals surface area contributed by atoms with Crippen molar-refractivity contribution in [3.05, 3.63) is 0 Å². The van der Waals surface area contributed by atoms with Gasteiger partial charge in [0.2, 0.25) is 5.91 Å². The summed E-state index contributed by atoms with van der Waals surface area (Å²) >= 11 is 3.75. The largest absolute Gasteiger partial charge is 0.340 e. The average Bonchev–Trinajstić information content (AvgIpc) is 2.71. The van der Waals surface area contributed by atoms with Gasteiger partial charge in [0.25, 0.3) is 0 Å². The van der Waals surface area contributed by atoms with Crippen molar-refractivity contribution in [1.82, 2.24) is 10.2 Å². The van der Waals surface area contributed by atoms with Gasteiger partial charge >= 0.3 is 0 Å². The number of nitrogens with zero attached hydrogens (tertiary/aromatic N) is 1. The zero-order valence-electron chi connectivity index (χ0n) is 7.90. The van der Waals surface area contributed by atoms with Crippen molar-refractivity contribution in [1.29, 1.82) is 0 Å². The minimum Gasteiger partial charge on any atom is -0.340 e. The van der Waals surface area contributed by atoms with E-state index in [1.165, 1.54) is 0 Å². The van der Waals surface area contributed by atoms with Crippen LogP contribution in [0.3, 0.4) is 0 Å². The second-order valence-electron chi connectivity index (χ2n) is 3.21. The van der Waals surface area contributed by atoms with Crippen molar-refractivity contribution in [2.24, 2.45) is 0 Å². The standard InChI is InChI=1S/C8H14N2OS2.ClH/c11-8(7-5-13-6-9-7)10-1-3-12-4-2-10;/h7,9H,1-6H2;1H/t7-;/m1./s1. The highest BCUT2D eigenvalue weighted by Crippen LogP contribution is 2.15. The van der Waals surface area contributed by atoms with Gasteiger partial charge in [-0.25, -0.2) is 0 Å². The minimum atomic E-state index is 0. The Hall–Kier alpha value is 0.420. The van der Waals surface area contributed by atoms with E-state index in [-0.39, 0.29) is 18.4 Å². The zero-order valence-corrected chi connectivity index (χ0v) is 10.3. The number of hydrogen-bond donors (Lipinski definition) is 1. The second kappa shape index (κ2) is 6.10. The third-order valence-electron chi connectivity index (χ3n) is 2.34. The van der Waals surface area contributed by atoms with Crippen LogP contribution in [0.25, 0.3) is 0 Å². The molecule has 0 saturated carbocycles. The topological polar surface area (TPSA) is 32.3 Å². The molecular weight excluding hydrogens is 240 g/mol. The van der Waals surface area contributed by atoms with Crippen molar-refractivity contribution in [2.75, 3.05) is 36.2 Å². The van der Waals surface area contributed by atoms with E-state index < -0.39 is 0 Å². The fourth-order valence-corrected chi connectivity index (χ4v) is 3.39. The van der Waals surface area contributed by atoms with Crippen LogP contribution >= 0.6 is 35.9 Å². The minimum absolute atomic E-state index is 0. The number of nitrogens with one attached hydrogen (secondary N) is 1. The number of rotatable bonds is 1. The molecule has 2 saturated heterocycles. The molecule has 0 bridgehead atoms. The fraction of sp³-hybridized carbons (Fsp3) is 0.875. The van der Waals surface area contributed by atoms with Gasteiger partial charge in [-0.15, -0.1) is 24.2 Å². The first-order valence-corrected chi connectivity index (χ1v) is 6.86. The van der Waals surface area contributed by atoms with Crippen LogP contribution in [-0.2, 0) is 4.79 Å². The Bertz CT molecular complexity index is 194. The number of carbonyl (C=O) groups is 1. The molecular formula is C8H15ClN2OS2. The van der Waals surface area contributed by atoms with E-state index in [1.807, 2.05) is 28.4 Å². The van der Waals surface area contributed by atoms with Crippen LogP contribution in [0.15, 0.2) is 0 Å². The maximum absolute atomic E-state index is 11.8. The van der Waals surface area contributed by atoms with E-state index in [0.717, 1.165) is 36.2 Å². The zero-order chi connectivity index (χ0) is 9.10. The van der Waals surface area contributed by atoms with Gasteiger partial charge in [-0.05, 0) is 0 Å². The number of hydrogen-bond acceptors (Lipinski definition) is 4. The fourth-order valence-electron chi connectivity index (χ4n) is 1.56. The molecule has 82 valence electrons. The summed E-state index contributed by atoms with van der Waals surface area (Å²) in [6.07, 6.45) is 0. The van der Waals surface area contributed by atoms with E-state index in [1.54, 1.807) is 0 Å². The van der Waals surface area contributed by atoms with Crippen molar-refractivity contribution in [3.63, 3.8) is 0 Å². The number of amides is 1. The van der Waals surface area contributed by atoms with Gasteiger partial charge in [-0.2, -0.15) is 11.8 Å². The molecule has 2 heterocycles. The molecule has 0 aromatic carbocycles. The molecule has 0 unspecified atom stereocenters. The van der Waals surface area contributed by atoms with Gasteiger partial charge in [0.15, 0.2) is 0 Å². The van der Waals surface area contributed by atoms with Crippen LogP contribution in [0.5, 0.6) is 0 Å². The van der Waals surface area contributed by atoms with Gasteiger partial charge in [-0.1, -0.05) is 0 Å². The SMILES string of the molecule is Cl.O=C([C@H]1CSCN1)N1CCSCC1. The second-order valence-corrected chi connectivity index (χ2v) is 5.46. The lowest BCUT2D eigenvalue weighted by Crippen LogP contribution is -2.47. The summed E-state index contributed by atoms with van der Waals surface area (Å²) < 4.78 is 0. The van der Waals surface area contributed by atoms with E-state index in [0.29, 0.717) is 5.91 Å².